The molecule has 2 aromatic rings. The average molecular weight is 320 g/mol. The van der Waals surface area contributed by atoms with Crippen LogP contribution < -0.4 is 10.2 Å². The van der Waals surface area contributed by atoms with Crippen molar-refractivity contribution in [2.75, 3.05) is 37.6 Å². The number of imidazole rings is 1. The van der Waals surface area contributed by atoms with E-state index in [-0.39, 0.29) is 6.03 Å². The number of anilines is 1. The number of carbonyl (C=O) groups excluding carboxylic acids is 1. The van der Waals surface area contributed by atoms with Gasteiger partial charge in [-0.25, -0.2) is 14.8 Å². The predicted octanol–water partition coefficient (Wildman–Crippen LogP) is 1.26. The molecule has 0 radical (unpaired) electrons. The Morgan fingerprint density at radius 1 is 1.27 bits per heavy atom. The molecule has 1 aliphatic heterocycles. The third-order valence-electron chi connectivity index (χ3n) is 3.69. The molecule has 0 saturated carbocycles. The molecule has 3 heterocycles. The van der Waals surface area contributed by atoms with E-state index in [1.165, 1.54) is 0 Å². The van der Waals surface area contributed by atoms with Crippen LogP contribution >= 0.6 is 11.3 Å². The van der Waals surface area contributed by atoms with Crippen molar-refractivity contribution in [2.24, 2.45) is 0 Å². The average Bonchev–Trinajstić information content (AvgIpc) is 3.25. The van der Waals surface area contributed by atoms with Crippen LogP contribution in [0.15, 0.2) is 30.3 Å². The van der Waals surface area contributed by atoms with E-state index >= 15 is 0 Å². The van der Waals surface area contributed by atoms with Crippen molar-refractivity contribution in [3.05, 3.63) is 30.3 Å². The van der Waals surface area contributed by atoms with Crippen molar-refractivity contribution in [3.63, 3.8) is 0 Å². The number of carbonyl (C=O) groups is 1. The normalized spacial score (nSPS) is 15.1. The minimum Gasteiger partial charge on any atom is -0.345 e. The summed E-state index contributed by atoms with van der Waals surface area (Å²) in [5, 5.41) is 6.01. The molecule has 2 amide bonds. The first kappa shape index (κ1) is 14.8. The second kappa shape index (κ2) is 7.26. The largest absolute Gasteiger partial charge is 0.345 e. The number of nitrogens with one attached hydrogen (secondary N) is 1. The summed E-state index contributed by atoms with van der Waals surface area (Å²) in [6.07, 6.45) is 8.21. The van der Waals surface area contributed by atoms with Gasteiger partial charge >= 0.3 is 6.03 Å². The predicted molar refractivity (Wildman–Crippen MR) is 86.1 cm³/mol. The lowest BCUT2D eigenvalue weighted by molar-refractivity contribution is 0.194. The van der Waals surface area contributed by atoms with Crippen LogP contribution in [0.5, 0.6) is 0 Å². The summed E-state index contributed by atoms with van der Waals surface area (Å²) in [6.45, 7) is 4.73. The van der Waals surface area contributed by atoms with Gasteiger partial charge in [0.2, 0.25) is 0 Å². The van der Waals surface area contributed by atoms with Crippen LogP contribution in [-0.4, -0.2) is 58.2 Å². The highest BCUT2D eigenvalue weighted by molar-refractivity contribution is 7.13. The number of thiazole rings is 1. The molecule has 0 bridgehead atoms. The van der Waals surface area contributed by atoms with Crippen molar-refractivity contribution in [1.29, 1.82) is 0 Å². The number of aromatic nitrogens is 3. The molecule has 1 saturated heterocycles. The molecule has 8 heteroatoms. The molecule has 1 N–H and O–H groups in total. The van der Waals surface area contributed by atoms with Crippen LogP contribution in [0.3, 0.4) is 0 Å². The lowest BCUT2D eigenvalue weighted by Crippen LogP contribution is -2.52. The molecule has 0 atom stereocenters. The quantitative estimate of drug-likeness (QED) is 0.842. The highest BCUT2D eigenvalue weighted by atomic mass is 32.1. The maximum absolute atomic E-state index is 12.1. The fraction of sp³-hybridized carbons (Fsp3) is 0.500. The smallest absolute Gasteiger partial charge is 0.317 e. The van der Waals surface area contributed by atoms with E-state index < -0.39 is 0 Å². The van der Waals surface area contributed by atoms with E-state index in [9.17, 15) is 4.79 Å². The molecule has 0 spiro atoms. The maximum Gasteiger partial charge on any atom is 0.317 e. The van der Waals surface area contributed by atoms with Crippen LogP contribution in [0.4, 0.5) is 9.93 Å². The van der Waals surface area contributed by atoms with Gasteiger partial charge in [-0.3, -0.25) is 0 Å². The first-order valence-electron chi connectivity index (χ1n) is 7.46. The molecule has 0 unspecified atom stereocenters. The number of piperazine rings is 1. The van der Waals surface area contributed by atoms with Gasteiger partial charge in [-0.2, -0.15) is 0 Å². The number of rotatable bonds is 5. The number of urea groups is 1. The van der Waals surface area contributed by atoms with E-state index in [1.807, 2.05) is 27.2 Å². The van der Waals surface area contributed by atoms with Crippen LogP contribution in [0.25, 0.3) is 0 Å². The Kier molecular flexibility index (Phi) is 4.89. The third kappa shape index (κ3) is 3.76. The van der Waals surface area contributed by atoms with Gasteiger partial charge in [0.15, 0.2) is 5.13 Å². The van der Waals surface area contributed by atoms with Crippen LogP contribution in [0.1, 0.15) is 6.42 Å². The highest BCUT2D eigenvalue weighted by Crippen LogP contribution is 2.18. The molecule has 2 aromatic heterocycles. The standard InChI is InChI=1S/C14H20N6OS/c21-13(16-2-1-5-18-6-3-15-12-18)19-7-9-20(10-8-19)14-17-4-11-22-14/h3-4,6,11-12H,1-2,5,7-10H2,(H,16,21). The molecule has 1 aliphatic rings. The zero-order valence-corrected chi connectivity index (χ0v) is 13.2. The van der Waals surface area contributed by atoms with E-state index in [0.717, 1.165) is 44.3 Å². The summed E-state index contributed by atoms with van der Waals surface area (Å²) in [7, 11) is 0. The van der Waals surface area contributed by atoms with Gasteiger partial charge < -0.3 is 19.7 Å². The van der Waals surface area contributed by atoms with Crippen molar-refractivity contribution in [1.82, 2.24) is 24.8 Å². The van der Waals surface area contributed by atoms with Gasteiger partial charge in [0.1, 0.15) is 0 Å². The highest BCUT2D eigenvalue weighted by Gasteiger charge is 2.21. The Morgan fingerprint density at radius 2 is 2.14 bits per heavy atom. The number of hydrogen-bond donors (Lipinski definition) is 1. The number of amides is 2. The van der Waals surface area contributed by atoms with Gasteiger partial charge in [0.05, 0.1) is 6.33 Å². The topological polar surface area (TPSA) is 66.3 Å². The molecule has 118 valence electrons. The Balaban J connectivity index is 1.35. The number of hydrogen-bond acceptors (Lipinski definition) is 5. The van der Waals surface area contributed by atoms with Gasteiger partial charge in [-0.1, -0.05) is 0 Å². The summed E-state index contributed by atoms with van der Waals surface area (Å²) in [5.41, 5.74) is 0. The molecule has 1 fully saturated rings. The van der Waals surface area contributed by atoms with Crippen LogP contribution in [-0.2, 0) is 6.54 Å². The van der Waals surface area contributed by atoms with Crippen LogP contribution in [0.2, 0.25) is 0 Å². The second-order valence-corrected chi connectivity index (χ2v) is 6.05. The molecule has 7 nitrogen and oxygen atoms in total. The number of aryl methyl sites for hydroxylation is 1. The van der Waals surface area contributed by atoms with E-state index in [1.54, 1.807) is 23.9 Å². The zero-order valence-electron chi connectivity index (χ0n) is 12.4. The lowest BCUT2D eigenvalue weighted by Gasteiger charge is -2.34. The molecular weight excluding hydrogens is 300 g/mol. The molecule has 0 aliphatic carbocycles. The van der Waals surface area contributed by atoms with E-state index in [4.69, 9.17) is 0 Å². The summed E-state index contributed by atoms with van der Waals surface area (Å²) in [5.74, 6) is 0. The Morgan fingerprint density at radius 3 is 2.82 bits per heavy atom. The maximum atomic E-state index is 12.1. The first-order chi connectivity index (χ1) is 10.8. The van der Waals surface area contributed by atoms with E-state index in [2.05, 4.69) is 20.2 Å². The molecule has 0 aromatic carbocycles. The minimum atomic E-state index is 0.0319. The summed E-state index contributed by atoms with van der Waals surface area (Å²) in [4.78, 5) is 24.5. The SMILES string of the molecule is O=C(NCCCn1ccnc1)N1CCN(c2nccs2)CC1. The molecule has 22 heavy (non-hydrogen) atoms. The van der Waals surface area contributed by atoms with Crippen LogP contribution in [0, 0.1) is 0 Å². The summed E-state index contributed by atoms with van der Waals surface area (Å²) < 4.78 is 2.01. The summed E-state index contributed by atoms with van der Waals surface area (Å²) >= 11 is 1.64. The summed E-state index contributed by atoms with van der Waals surface area (Å²) in [6, 6.07) is 0.0319. The monoisotopic (exact) mass is 320 g/mol. The molecular formula is C14H20N6OS. The Hall–Kier alpha value is -2.09. The number of nitrogens with zero attached hydrogens (tertiary/aromatic N) is 5. The van der Waals surface area contributed by atoms with Crippen molar-refractivity contribution < 1.29 is 4.79 Å². The van der Waals surface area contributed by atoms with Gasteiger partial charge in [0, 0.05) is 63.2 Å². The third-order valence-corrected chi connectivity index (χ3v) is 4.52. The zero-order chi connectivity index (χ0) is 15.2. The molecule has 3 rings (SSSR count). The first-order valence-corrected chi connectivity index (χ1v) is 8.34. The van der Waals surface area contributed by atoms with Gasteiger partial charge in [-0.05, 0) is 6.42 Å². The van der Waals surface area contributed by atoms with Crippen molar-refractivity contribution in [3.8, 4) is 0 Å². The van der Waals surface area contributed by atoms with E-state index in [0.29, 0.717) is 6.54 Å². The second-order valence-electron chi connectivity index (χ2n) is 5.17. The fourth-order valence-electron chi connectivity index (χ4n) is 2.46. The fourth-order valence-corrected chi connectivity index (χ4v) is 3.16. The Bertz CT molecular complexity index is 562. The lowest BCUT2D eigenvalue weighted by atomic mass is 10.3. The minimum absolute atomic E-state index is 0.0319. The Labute approximate surface area is 133 Å². The van der Waals surface area contributed by atoms with Gasteiger partial charge in [0.25, 0.3) is 0 Å². The van der Waals surface area contributed by atoms with Crippen molar-refractivity contribution in [2.45, 2.75) is 13.0 Å². The van der Waals surface area contributed by atoms with Crippen molar-refractivity contribution >= 4 is 22.5 Å². The van der Waals surface area contributed by atoms with Gasteiger partial charge in [-0.15, -0.1) is 11.3 Å².